The van der Waals surface area contributed by atoms with Gasteiger partial charge in [0.05, 0.1) is 6.61 Å². The Morgan fingerprint density at radius 3 is 2.91 bits per heavy atom. The molecule has 23 heavy (non-hydrogen) atoms. The van der Waals surface area contributed by atoms with E-state index in [0.717, 1.165) is 5.56 Å². The number of anilines is 1. The summed E-state index contributed by atoms with van der Waals surface area (Å²) >= 11 is 0. The number of morpholine rings is 1. The summed E-state index contributed by atoms with van der Waals surface area (Å²) in [5, 5.41) is 21.2. The summed E-state index contributed by atoms with van der Waals surface area (Å²) in [5.74, 6) is -2.26. The van der Waals surface area contributed by atoms with Crippen molar-refractivity contribution < 1.29 is 29.3 Å². The van der Waals surface area contributed by atoms with Gasteiger partial charge in [0, 0.05) is 24.3 Å². The third kappa shape index (κ3) is 2.78. The number of nitrogens with zero attached hydrogens (tertiary/aromatic N) is 1. The van der Waals surface area contributed by atoms with Crippen LogP contribution in [0.25, 0.3) is 0 Å². The predicted octanol–water partition coefficient (Wildman–Crippen LogP) is -0.850. The van der Waals surface area contributed by atoms with Crippen molar-refractivity contribution in [1.82, 2.24) is 5.32 Å². The number of hydrogen-bond acceptors (Lipinski definition) is 5. The van der Waals surface area contributed by atoms with E-state index in [4.69, 9.17) is 9.84 Å². The molecule has 2 aliphatic heterocycles. The summed E-state index contributed by atoms with van der Waals surface area (Å²) in [4.78, 5) is 36.4. The number of carbonyl (C=O) groups is 3. The largest absolute Gasteiger partial charge is 0.479 e. The average molecular weight is 320 g/mol. The van der Waals surface area contributed by atoms with Crippen LogP contribution in [0.5, 0.6) is 0 Å². The first-order valence-electron chi connectivity index (χ1n) is 7.24. The van der Waals surface area contributed by atoms with E-state index in [0.29, 0.717) is 24.2 Å². The van der Waals surface area contributed by atoms with Gasteiger partial charge in [0.15, 0.2) is 12.2 Å². The summed E-state index contributed by atoms with van der Waals surface area (Å²) in [6.45, 7) is 0.914. The van der Waals surface area contributed by atoms with Crippen LogP contribution >= 0.6 is 0 Å². The Morgan fingerprint density at radius 1 is 1.39 bits per heavy atom. The number of fused-ring (bicyclic) bond motifs is 1. The van der Waals surface area contributed by atoms with Crippen molar-refractivity contribution in [2.45, 2.75) is 18.6 Å². The van der Waals surface area contributed by atoms with Crippen LogP contribution < -0.4 is 10.2 Å². The molecule has 3 rings (SSSR count). The molecule has 2 amide bonds. The Labute approximate surface area is 131 Å². The third-order valence-corrected chi connectivity index (χ3v) is 3.99. The van der Waals surface area contributed by atoms with E-state index < -0.39 is 24.1 Å². The minimum Gasteiger partial charge on any atom is -0.479 e. The maximum atomic E-state index is 12.4. The number of carboxylic acid groups (broad SMARTS) is 1. The monoisotopic (exact) mass is 320 g/mol. The molecular weight excluding hydrogens is 304 g/mol. The molecular formula is C15H16N2O6. The first-order chi connectivity index (χ1) is 11.0. The topological polar surface area (TPSA) is 116 Å². The van der Waals surface area contributed by atoms with Crippen LogP contribution in [0.1, 0.15) is 15.9 Å². The lowest BCUT2D eigenvalue weighted by atomic mass is 9.99. The van der Waals surface area contributed by atoms with Gasteiger partial charge in [-0.3, -0.25) is 9.59 Å². The van der Waals surface area contributed by atoms with Gasteiger partial charge < -0.3 is 25.2 Å². The van der Waals surface area contributed by atoms with Crippen molar-refractivity contribution >= 4 is 23.5 Å². The molecule has 1 saturated heterocycles. The summed E-state index contributed by atoms with van der Waals surface area (Å²) < 4.78 is 5.11. The van der Waals surface area contributed by atoms with Gasteiger partial charge in [-0.2, -0.15) is 0 Å². The van der Waals surface area contributed by atoms with Gasteiger partial charge in [0.1, 0.15) is 0 Å². The second-order valence-electron chi connectivity index (χ2n) is 5.41. The lowest BCUT2D eigenvalue weighted by Gasteiger charge is -2.34. The van der Waals surface area contributed by atoms with Crippen LogP contribution in [0.15, 0.2) is 18.2 Å². The molecule has 0 aliphatic carbocycles. The Kier molecular flexibility index (Phi) is 4.01. The molecule has 8 nitrogen and oxygen atoms in total. The highest BCUT2D eigenvalue weighted by Gasteiger charge is 2.39. The Hall–Kier alpha value is -2.45. The molecule has 1 aromatic rings. The number of carboxylic acids is 1. The van der Waals surface area contributed by atoms with Crippen LogP contribution in [0.2, 0.25) is 0 Å². The standard InChI is InChI=1S/C15H16N2O6/c18-11(15(21)22)12-14(20)17(5-6-23-12)9-1-2-10-8(7-9)3-4-16-13(10)19/h1-2,7,11-12,18H,3-6H2,(H,16,19)(H,21,22)/t11-,12-/m1/s1. The van der Waals surface area contributed by atoms with Crippen molar-refractivity contribution in [1.29, 1.82) is 0 Å². The second kappa shape index (κ2) is 5.98. The van der Waals surface area contributed by atoms with E-state index in [2.05, 4.69) is 5.32 Å². The molecule has 0 unspecified atom stereocenters. The molecule has 1 fully saturated rings. The molecule has 0 bridgehead atoms. The minimum absolute atomic E-state index is 0.123. The quantitative estimate of drug-likeness (QED) is 0.668. The van der Waals surface area contributed by atoms with Gasteiger partial charge in [-0.1, -0.05) is 0 Å². The number of aliphatic hydroxyl groups is 1. The van der Waals surface area contributed by atoms with Crippen LogP contribution in [0.3, 0.4) is 0 Å². The lowest BCUT2D eigenvalue weighted by molar-refractivity contribution is -0.163. The van der Waals surface area contributed by atoms with Crippen LogP contribution in [-0.2, 0) is 20.7 Å². The van der Waals surface area contributed by atoms with Gasteiger partial charge >= 0.3 is 5.97 Å². The first kappa shape index (κ1) is 15.4. The number of amides is 2. The number of ether oxygens (including phenoxy) is 1. The first-order valence-corrected chi connectivity index (χ1v) is 7.24. The van der Waals surface area contributed by atoms with Gasteiger partial charge in [0.25, 0.3) is 11.8 Å². The molecule has 3 N–H and O–H groups in total. The number of nitrogens with one attached hydrogen (secondary N) is 1. The third-order valence-electron chi connectivity index (χ3n) is 3.99. The highest BCUT2D eigenvalue weighted by molar-refractivity contribution is 6.01. The van der Waals surface area contributed by atoms with Crippen molar-refractivity contribution in [2.24, 2.45) is 0 Å². The van der Waals surface area contributed by atoms with E-state index >= 15 is 0 Å². The van der Waals surface area contributed by atoms with Crippen LogP contribution in [0, 0.1) is 0 Å². The van der Waals surface area contributed by atoms with E-state index in [9.17, 15) is 19.5 Å². The number of benzene rings is 1. The fraction of sp³-hybridized carbons (Fsp3) is 0.400. The number of hydrogen-bond donors (Lipinski definition) is 3. The van der Waals surface area contributed by atoms with E-state index in [-0.39, 0.29) is 19.1 Å². The van der Waals surface area contributed by atoms with Crippen LogP contribution in [0.4, 0.5) is 5.69 Å². The number of rotatable bonds is 3. The van der Waals surface area contributed by atoms with Gasteiger partial charge in [-0.25, -0.2) is 4.79 Å². The zero-order valence-corrected chi connectivity index (χ0v) is 12.2. The van der Waals surface area contributed by atoms with Crippen molar-refractivity contribution in [3.05, 3.63) is 29.3 Å². The minimum atomic E-state index is -1.91. The SMILES string of the molecule is O=C1NCCc2cc(N3CCO[C@H]([C@@H](O)C(=O)O)C3=O)ccc21. The zero-order chi connectivity index (χ0) is 16.6. The molecule has 0 spiro atoms. The predicted molar refractivity (Wildman–Crippen MR) is 78.2 cm³/mol. The summed E-state index contributed by atoms with van der Waals surface area (Å²) in [6.07, 6.45) is -2.68. The van der Waals surface area contributed by atoms with E-state index in [1.807, 2.05) is 0 Å². The fourth-order valence-electron chi connectivity index (χ4n) is 2.80. The van der Waals surface area contributed by atoms with Crippen molar-refractivity contribution in [2.75, 3.05) is 24.6 Å². The van der Waals surface area contributed by atoms with Crippen molar-refractivity contribution in [3.63, 3.8) is 0 Å². The number of carbonyl (C=O) groups excluding carboxylic acids is 2. The molecule has 8 heteroatoms. The summed E-state index contributed by atoms with van der Waals surface area (Å²) in [5.41, 5.74) is 1.97. The lowest BCUT2D eigenvalue weighted by Crippen LogP contribution is -2.54. The van der Waals surface area contributed by atoms with Crippen LogP contribution in [-0.4, -0.2) is 59.9 Å². The van der Waals surface area contributed by atoms with Gasteiger partial charge in [0.2, 0.25) is 0 Å². The average Bonchev–Trinajstić information content (AvgIpc) is 2.54. The molecule has 1 aromatic carbocycles. The maximum Gasteiger partial charge on any atom is 0.335 e. The molecule has 0 aromatic heterocycles. The molecule has 0 saturated carbocycles. The Morgan fingerprint density at radius 2 is 2.17 bits per heavy atom. The number of aliphatic carboxylic acids is 1. The van der Waals surface area contributed by atoms with Crippen molar-refractivity contribution in [3.8, 4) is 0 Å². The maximum absolute atomic E-state index is 12.4. The Balaban J connectivity index is 1.88. The molecule has 0 radical (unpaired) electrons. The number of aliphatic hydroxyl groups excluding tert-OH is 1. The van der Waals surface area contributed by atoms with Gasteiger partial charge in [-0.15, -0.1) is 0 Å². The second-order valence-corrected chi connectivity index (χ2v) is 5.41. The highest BCUT2D eigenvalue weighted by Crippen LogP contribution is 2.25. The highest BCUT2D eigenvalue weighted by atomic mass is 16.5. The Bertz CT molecular complexity index is 674. The van der Waals surface area contributed by atoms with Gasteiger partial charge in [-0.05, 0) is 30.2 Å². The molecule has 2 atom stereocenters. The van der Waals surface area contributed by atoms with E-state index in [1.54, 1.807) is 18.2 Å². The fourth-order valence-corrected chi connectivity index (χ4v) is 2.80. The molecule has 122 valence electrons. The summed E-state index contributed by atoms with van der Waals surface area (Å²) in [6, 6.07) is 5.03. The smallest absolute Gasteiger partial charge is 0.335 e. The van der Waals surface area contributed by atoms with E-state index in [1.165, 1.54) is 4.90 Å². The zero-order valence-electron chi connectivity index (χ0n) is 12.2. The molecule has 2 aliphatic rings. The normalized spacial score (nSPS) is 22.3. The molecule has 2 heterocycles. The summed E-state index contributed by atoms with van der Waals surface area (Å²) in [7, 11) is 0.